The Morgan fingerprint density at radius 3 is 2.63 bits per heavy atom. The van der Waals surface area contributed by atoms with Crippen molar-refractivity contribution in [2.45, 2.75) is 88.6 Å². The third-order valence-corrected chi connectivity index (χ3v) is 10.0. The molecule has 3 fully saturated rings. The number of benzene rings is 2. The zero-order chi connectivity index (χ0) is 26.5. The van der Waals surface area contributed by atoms with Crippen molar-refractivity contribution in [3.63, 3.8) is 0 Å². The van der Waals surface area contributed by atoms with E-state index >= 15 is 0 Å². The molecule has 3 N–H and O–H groups in total. The summed E-state index contributed by atoms with van der Waals surface area (Å²) in [7, 11) is 0. The van der Waals surface area contributed by atoms with Crippen molar-refractivity contribution in [2.24, 2.45) is 5.92 Å². The number of halogens is 4. The van der Waals surface area contributed by atoms with E-state index in [-0.39, 0.29) is 0 Å². The van der Waals surface area contributed by atoms with Gasteiger partial charge in [-0.3, -0.25) is 4.90 Å². The van der Waals surface area contributed by atoms with Crippen molar-refractivity contribution in [3.05, 3.63) is 67.6 Å². The van der Waals surface area contributed by atoms with Crippen LogP contribution in [0, 0.1) is 5.92 Å². The highest BCUT2D eigenvalue weighted by Crippen LogP contribution is 2.33. The lowest BCUT2D eigenvalue weighted by atomic mass is 9.90. The third kappa shape index (κ3) is 7.59. The molecule has 3 heterocycles. The standard InChI is InChI=1S/C30H40Cl4N4/c31-23-13-20(14-24(32)15-23)19-38-12-2-1-8-27-29(38)16-28(37-27)21(9-10-25-6-4-11-36-25)17-35-18-22-5-3-7-26(33)30(22)34/h3,5,7,13-15,21,25,27-29,35-37H,1-2,4,6,8-12,16-19H2/t21?,25-,27?,28?,29?/m1/s1. The molecule has 208 valence electrons. The molecule has 2 aromatic rings. The average Bonchev–Trinajstić information content (AvgIpc) is 3.52. The predicted octanol–water partition coefficient (Wildman–Crippen LogP) is 7.32. The Balaban J connectivity index is 1.26. The van der Waals surface area contributed by atoms with Crippen LogP contribution >= 0.6 is 46.4 Å². The van der Waals surface area contributed by atoms with E-state index in [4.69, 9.17) is 46.4 Å². The van der Waals surface area contributed by atoms with E-state index in [9.17, 15) is 0 Å². The Labute approximate surface area is 248 Å². The van der Waals surface area contributed by atoms with Crippen LogP contribution in [0.4, 0.5) is 0 Å². The van der Waals surface area contributed by atoms with Crippen LogP contribution in [0.5, 0.6) is 0 Å². The summed E-state index contributed by atoms with van der Waals surface area (Å²) < 4.78 is 0. The van der Waals surface area contributed by atoms with E-state index in [0.29, 0.717) is 50.2 Å². The Kier molecular flexibility index (Phi) is 10.6. The van der Waals surface area contributed by atoms with Crippen LogP contribution in [0.2, 0.25) is 20.1 Å². The molecule has 8 heteroatoms. The lowest BCUT2D eigenvalue weighted by Crippen LogP contribution is -2.43. The van der Waals surface area contributed by atoms with E-state index < -0.39 is 0 Å². The van der Waals surface area contributed by atoms with Crippen LogP contribution in [0.25, 0.3) is 0 Å². The summed E-state index contributed by atoms with van der Waals surface area (Å²) in [5.41, 5.74) is 2.27. The van der Waals surface area contributed by atoms with Crippen molar-refractivity contribution >= 4 is 46.4 Å². The van der Waals surface area contributed by atoms with Crippen molar-refractivity contribution in [1.82, 2.24) is 20.9 Å². The summed E-state index contributed by atoms with van der Waals surface area (Å²) in [5.74, 6) is 0.560. The van der Waals surface area contributed by atoms with Crippen molar-refractivity contribution in [2.75, 3.05) is 19.6 Å². The minimum Gasteiger partial charge on any atom is -0.314 e. The second kappa shape index (κ2) is 13.9. The minimum absolute atomic E-state index is 0.497. The molecule has 0 aliphatic carbocycles. The fraction of sp³-hybridized carbons (Fsp3) is 0.600. The first-order valence-electron chi connectivity index (χ1n) is 14.3. The average molecular weight is 598 g/mol. The molecular weight excluding hydrogens is 558 g/mol. The van der Waals surface area contributed by atoms with Gasteiger partial charge in [0.25, 0.3) is 0 Å². The van der Waals surface area contributed by atoms with Gasteiger partial charge in [-0.1, -0.05) is 65.0 Å². The molecule has 3 saturated heterocycles. The van der Waals surface area contributed by atoms with Crippen LogP contribution < -0.4 is 16.0 Å². The van der Waals surface area contributed by atoms with Gasteiger partial charge >= 0.3 is 0 Å². The van der Waals surface area contributed by atoms with E-state index in [2.05, 4.69) is 39.0 Å². The molecule has 2 aromatic carbocycles. The molecule has 3 aliphatic heterocycles. The lowest BCUT2D eigenvalue weighted by Gasteiger charge is -2.30. The summed E-state index contributed by atoms with van der Waals surface area (Å²) >= 11 is 25.4. The van der Waals surface area contributed by atoms with Gasteiger partial charge in [0.2, 0.25) is 0 Å². The minimum atomic E-state index is 0.497. The van der Waals surface area contributed by atoms with Crippen LogP contribution in [0.1, 0.15) is 62.5 Å². The SMILES string of the molecule is Clc1cc(Cl)cc(CN2CCCCC3NC(C(CC[C@H]4CCCN4)CNCc4cccc(Cl)c4Cl)CC32)c1. The zero-order valence-corrected chi connectivity index (χ0v) is 25.0. The molecule has 0 saturated carbocycles. The molecule has 38 heavy (non-hydrogen) atoms. The number of likely N-dealkylation sites (tertiary alicyclic amines) is 1. The Bertz CT molecular complexity index is 1040. The topological polar surface area (TPSA) is 39.3 Å². The van der Waals surface area contributed by atoms with Crippen LogP contribution in [0.15, 0.2) is 36.4 Å². The van der Waals surface area contributed by atoms with Gasteiger partial charge in [0, 0.05) is 47.3 Å². The fourth-order valence-electron chi connectivity index (χ4n) is 6.81. The van der Waals surface area contributed by atoms with Crippen LogP contribution in [-0.4, -0.2) is 48.7 Å². The van der Waals surface area contributed by atoms with Gasteiger partial charge in [0.15, 0.2) is 0 Å². The number of hydrogen-bond donors (Lipinski definition) is 3. The Morgan fingerprint density at radius 1 is 1.00 bits per heavy atom. The first kappa shape index (κ1) is 29.0. The van der Waals surface area contributed by atoms with Gasteiger partial charge in [-0.05, 0) is 106 Å². The highest BCUT2D eigenvalue weighted by Gasteiger charge is 2.41. The molecule has 4 unspecified atom stereocenters. The van der Waals surface area contributed by atoms with E-state index in [0.717, 1.165) is 38.3 Å². The number of nitrogens with one attached hydrogen (secondary N) is 3. The van der Waals surface area contributed by atoms with Crippen LogP contribution in [-0.2, 0) is 13.1 Å². The molecule has 3 aliphatic rings. The molecule has 5 atom stereocenters. The molecule has 5 rings (SSSR count). The highest BCUT2D eigenvalue weighted by molar-refractivity contribution is 6.42. The highest BCUT2D eigenvalue weighted by atomic mass is 35.5. The largest absolute Gasteiger partial charge is 0.314 e. The van der Waals surface area contributed by atoms with E-state index in [1.54, 1.807) is 0 Å². The predicted molar refractivity (Wildman–Crippen MR) is 162 cm³/mol. The summed E-state index contributed by atoms with van der Waals surface area (Å²) in [6.07, 6.45) is 10.0. The Hall–Kier alpha value is -0.560. The number of nitrogens with zero attached hydrogens (tertiary/aromatic N) is 1. The van der Waals surface area contributed by atoms with Gasteiger partial charge in [-0.25, -0.2) is 0 Å². The summed E-state index contributed by atoms with van der Waals surface area (Å²) in [5, 5.41) is 14.3. The maximum absolute atomic E-state index is 6.47. The monoisotopic (exact) mass is 596 g/mol. The number of fused-ring (bicyclic) bond motifs is 1. The maximum Gasteiger partial charge on any atom is 0.0637 e. The molecular formula is C30H40Cl4N4. The van der Waals surface area contributed by atoms with Crippen molar-refractivity contribution in [3.8, 4) is 0 Å². The molecule has 0 spiro atoms. The fourth-order valence-corrected chi connectivity index (χ4v) is 7.76. The second-order valence-electron chi connectivity index (χ2n) is 11.4. The van der Waals surface area contributed by atoms with Gasteiger partial charge in [0.05, 0.1) is 10.0 Å². The zero-order valence-electron chi connectivity index (χ0n) is 22.0. The van der Waals surface area contributed by atoms with E-state index in [1.807, 2.05) is 18.2 Å². The first-order valence-corrected chi connectivity index (χ1v) is 15.8. The molecule has 4 nitrogen and oxygen atoms in total. The summed E-state index contributed by atoms with van der Waals surface area (Å²) in [4.78, 5) is 2.68. The lowest BCUT2D eigenvalue weighted by molar-refractivity contribution is 0.183. The molecule has 0 aromatic heterocycles. The normalized spacial score (nSPS) is 26.8. The molecule has 0 radical (unpaired) electrons. The summed E-state index contributed by atoms with van der Waals surface area (Å²) in [6.45, 7) is 4.89. The van der Waals surface area contributed by atoms with Gasteiger partial charge in [-0.15, -0.1) is 0 Å². The van der Waals surface area contributed by atoms with E-state index in [1.165, 1.54) is 56.9 Å². The number of rotatable bonds is 10. The van der Waals surface area contributed by atoms with Crippen molar-refractivity contribution in [1.29, 1.82) is 0 Å². The third-order valence-electron chi connectivity index (χ3n) is 8.75. The summed E-state index contributed by atoms with van der Waals surface area (Å²) in [6, 6.07) is 14.1. The van der Waals surface area contributed by atoms with Crippen LogP contribution in [0.3, 0.4) is 0 Å². The number of hydrogen-bond acceptors (Lipinski definition) is 4. The second-order valence-corrected chi connectivity index (χ2v) is 13.1. The first-order chi connectivity index (χ1) is 18.5. The quantitative estimate of drug-likeness (QED) is 0.268. The van der Waals surface area contributed by atoms with Gasteiger partial charge in [-0.2, -0.15) is 0 Å². The molecule has 0 amide bonds. The maximum atomic E-state index is 6.47. The van der Waals surface area contributed by atoms with Crippen molar-refractivity contribution < 1.29 is 0 Å². The Morgan fingerprint density at radius 2 is 1.84 bits per heavy atom. The van der Waals surface area contributed by atoms with Gasteiger partial charge in [0.1, 0.15) is 0 Å². The smallest absolute Gasteiger partial charge is 0.0637 e. The van der Waals surface area contributed by atoms with Gasteiger partial charge < -0.3 is 16.0 Å². The molecule has 0 bridgehead atoms.